The van der Waals surface area contributed by atoms with Crippen molar-refractivity contribution in [2.45, 2.75) is 20.0 Å². The van der Waals surface area contributed by atoms with Crippen molar-refractivity contribution in [1.29, 1.82) is 0 Å². The Balaban J connectivity index is 0.000000207. The molecule has 4 aromatic rings. The van der Waals surface area contributed by atoms with Gasteiger partial charge in [-0.05, 0) is 30.7 Å². The quantitative estimate of drug-likeness (QED) is 0.392. The molecule has 0 aliphatic carbocycles. The van der Waals surface area contributed by atoms with Crippen LogP contribution in [0.4, 0.5) is 0 Å². The fourth-order valence-electron chi connectivity index (χ4n) is 3.15. The van der Waals surface area contributed by atoms with Crippen LogP contribution in [0.2, 0.25) is 0 Å². The van der Waals surface area contributed by atoms with Gasteiger partial charge >= 0.3 is 5.97 Å². The molecule has 0 saturated heterocycles. The Kier molecular flexibility index (Phi) is 7.02. The molecule has 0 spiro atoms. The van der Waals surface area contributed by atoms with Crippen molar-refractivity contribution >= 4 is 11.9 Å². The number of H-pyrrole nitrogens is 1. The molecule has 164 valence electrons. The molecule has 0 saturated carbocycles. The summed E-state index contributed by atoms with van der Waals surface area (Å²) in [5.41, 5.74) is 2.79. The number of aromatic carboxylic acids is 2. The van der Waals surface area contributed by atoms with Gasteiger partial charge in [0.25, 0.3) is 0 Å². The molecule has 0 radical (unpaired) electrons. The fraction of sp³-hybridized carbons (Fsp3) is 0.130. The van der Waals surface area contributed by atoms with E-state index in [9.17, 15) is 19.8 Å². The van der Waals surface area contributed by atoms with E-state index in [0.717, 1.165) is 22.8 Å². The summed E-state index contributed by atoms with van der Waals surface area (Å²) < 4.78 is 3.94. The second-order valence-corrected chi connectivity index (χ2v) is 7.12. The van der Waals surface area contributed by atoms with Crippen molar-refractivity contribution in [3.05, 3.63) is 102 Å². The summed E-state index contributed by atoms with van der Waals surface area (Å²) in [7, 11) is 0. The molecule has 0 fully saturated rings. The fourth-order valence-corrected chi connectivity index (χ4v) is 3.15. The lowest BCUT2D eigenvalue weighted by molar-refractivity contribution is -0.687. The molecule has 3 N–H and O–H groups in total. The monoisotopic (exact) mass is 434 g/mol. The Morgan fingerprint density at radius 2 is 1.94 bits per heavy atom. The lowest BCUT2D eigenvalue weighted by Crippen LogP contribution is -2.31. The zero-order valence-corrected chi connectivity index (χ0v) is 17.3. The largest absolute Gasteiger partial charge is 0.545 e. The lowest BCUT2D eigenvalue weighted by atomic mass is 10.0. The lowest BCUT2D eigenvalue weighted by Gasteiger charge is -2.11. The maximum Gasteiger partial charge on any atom is 0.335 e. The van der Waals surface area contributed by atoms with Gasteiger partial charge in [-0.25, -0.2) is 14.3 Å². The third-order valence-electron chi connectivity index (χ3n) is 4.62. The second kappa shape index (κ2) is 10.1. The molecule has 2 aromatic heterocycles. The molecule has 9 heteroatoms. The van der Waals surface area contributed by atoms with Crippen LogP contribution in [-0.2, 0) is 13.1 Å². The van der Waals surface area contributed by atoms with Gasteiger partial charge in [-0.15, -0.1) is 0 Å². The van der Waals surface area contributed by atoms with E-state index in [2.05, 4.69) is 9.97 Å². The van der Waals surface area contributed by atoms with Crippen LogP contribution in [-0.4, -0.2) is 36.7 Å². The number of hydrogen-bond acceptors (Lipinski definition) is 5. The topological polar surface area (TPSA) is 135 Å². The number of aryl methyl sites for hydroxylation is 1. The number of carboxylic acids is 2. The Morgan fingerprint density at radius 3 is 2.56 bits per heavy atom. The van der Waals surface area contributed by atoms with Crippen LogP contribution in [0, 0.1) is 6.92 Å². The van der Waals surface area contributed by atoms with E-state index < -0.39 is 11.9 Å². The molecule has 0 atom stereocenters. The SMILES string of the molecule is Cc1cc(Cn2ccnc2)c(O)c(C[n+]2cc[nH]c2)c1.O=C([O-])c1cccc(C(=O)O)c1. The highest BCUT2D eigenvalue weighted by atomic mass is 16.4. The van der Waals surface area contributed by atoms with E-state index in [-0.39, 0.29) is 11.1 Å². The minimum Gasteiger partial charge on any atom is -0.545 e. The average Bonchev–Trinajstić information content (AvgIpc) is 3.46. The molecule has 0 amide bonds. The minimum atomic E-state index is -1.38. The van der Waals surface area contributed by atoms with Crippen molar-refractivity contribution < 1.29 is 29.5 Å². The van der Waals surface area contributed by atoms with Gasteiger partial charge in [0.2, 0.25) is 6.33 Å². The number of phenolic OH excluding ortho intramolecular Hbond substituents is 1. The zero-order valence-electron chi connectivity index (χ0n) is 17.3. The van der Waals surface area contributed by atoms with Crippen LogP contribution in [0.15, 0.2) is 73.8 Å². The predicted molar refractivity (Wildman–Crippen MR) is 112 cm³/mol. The molecule has 0 bridgehead atoms. The Hall–Kier alpha value is -4.40. The average molecular weight is 434 g/mol. The maximum atomic E-state index is 10.5. The van der Waals surface area contributed by atoms with Crippen molar-refractivity contribution in [1.82, 2.24) is 14.5 Å². The van der Waals surface area contributed by atoms with E-state index in [0.29, 0.717) is 18.8 Å². The smallest absolute Gasteiger partial charge is 0.335 e. The van der Waals surface area contributed by atoms with Gasteiger partial charge in [0.1, 0.15) is 24.7 Å². The van der Waals surface area contributed by atoms with E-state index in [1.165, 1.54) is 18.2 Å². The number of imidazole rings is 2. The number of benzene rings is 2. The van der Waals surface area contributed by atoms with Crippen LogP contribution in [0.25, 0.3) is 0 Å². The summed E-state index contributed by atoms with van der Waals surface area (Å²) in [6.07, 6.45) is 11.1. The van der Waals surface area contributed by atoms with Gasteiger partial charge in [-0.3, -0.25) is 4.98 Å². The van der Waals surface area contributed by atoms with E-state index in [1.807, 2.05) is 53.1 Å². The highest BCUT2D eigenvalue weighted by Gasteiger charge is 2.12. The number of rotatable bonds is 6. The highest BCUT2D eigenvalue weighted by Crippen LogP contribution is 2.25. The number of nitrogens with one attached hydrogen (secondary N) is 1. The van der Waals surface area contributed by atoms with Gasteiger partial charge in [0.05, 0.1) is 24.4 Å². The standard InChI is InChI=1S/C15H16N4O.C8H6O4/c1-12-6-13(8-18-4-2-16-10-18)15(20)14(7-12)9-19-5-3-17-11-19;9-7(10)5-2-1-3-6(4-5)8(11)12/h2-7,10-11,20H,8-9H2,1H3;1-4H,(H,9,10)(H,11,12). The van der Waals surface area contributed by atoms with E-state index in [4.69, 9.17) is 5.11 Å². The van der Waals surface area contributed by atoms with Crippen LogP contribution < -0.4 is 9.67 Å². The third kappa shape index (κ3) is 5.82. The number of carboxylic acid groups (broad SMARTS) is 2. The number of carbonyl (C=O) groups is 2. The predicted octanol–water partition coefficient (Wildman–Crippen LogP) is 1.36. The van der Waals surface area contributed by atoms with Gasteiger partial charge in [0.15, 0.2) is 0 Å². The molecular formula is C23H22N4O5. The first-order valence-corrected chi connectivity index (χ1v) is 9.67. The molecule has 0 aliphatic heterocycles. The van der Waals surface area contributed by atoms with Crippen molar-refractivity contribution in [2.24, 2.45) is 0 Å². The molecule has 2 aromatic carbocycles. The third-order valence-corrected chi connectivity index (χ3v) is 4.62. The first kappa shape index (κ1) is 22.3. The summed E-state index contributed by atoms with van der Waals surface area (Å²) in [4.78, 5) is 27.7. The van der Waals surface area contributed by atoms with E-state index >= 15 is 0 Å². The summed E-state index contributed by atoms with van der Waals surface area (Å²) in [5.74, 6) is -2.17. The number of aromatic hydroxyl groups is 1. The van der Waals surface area contributed by atoms with Gasteiger partial charge < -0.3 is 24.7 Å². The van der Waals surface area contributed by atoms with Crippen molar-refractivity contribution in [2.75, 3.05) is 0 Å². The number of carbonyl (C=O) groups excluding carboxylic acids is 1. The number of aromatic nitrogens is 4. The number of hydrogen-bond donors (Lipinski definition) is 3. The minimum absolute atomic E-state index is 0.0586. The van der Waals surface area contributed by atoms with Gasteiger partial charge in [0, 0.05) is 23.5 Å². The molecule has 4 rings (SSSR count). The van der Waals surface area contributed by atoms with E-state index in [1.54, 1.807) is 12.5 Å². The van der Waals surface area contributed by atoms with Crippen LogP contribution in [0.1, 0.15) is 37.4 Å². The first-order chi connectivity index (χ1) is 15.3. The molecule has 9 nitrogen and oxygen atoms in total. The Labute approximate surface area is 183 Å². The summed E-state index contributed by atoms with van der Waals surface area (Å²) >= 11 is 0. The maximum absolute atomic E-state index is 10.5. The molecule has 2 heterocycles. The Bertz CT molecular complexity index is 1110. The van der Waals surface area contributed by atoms with Gasteiger partial charge in [-0.2, -0.15) is 0 Å². The molecule has 0 aliphatic rings. The number of aromatic amines is 1. The zero-order chi connectivity index (χ0) is 23.1. The highest BCUT2D eigenvalue weighted by molar-refractivity contribution is 5.92. The molecule has 32 heavy (non-hydrogen) atoms. The van der Waals surface area contributed by atoms with Crippen LogP contribution in [0.3, 0.4) is 0 Å². The number of nitrogens with zero attached hydrogens (tertiary/aromatic N) is 3. The van der Waals surface area contributed by atoms with Crippen LogP contribution >= 0.6 is 0 Å². The van der Waals surface area contributed by atoms with Crippen LogP contribution in [0.5, 0.6) is 5.75 Å². The van der Waals surface area contributed by atoms with Crippen molar-refractivity contribution in [3.8, 4) is 5.75 Å². The second-order valence-electron chi connectivity index (χ2n) is 7.12. The van der Waals surface area contributed by atoms with Crippen molar-refractivity contribution in [3.63, 3.8) is 0 Å². The normalized spacial score (nSPS) is 10.3. The Morgan fingerprint density at radius 1 is 1.19 bits per heavy atom. The summed E-state index contributed by atoms with van der Waals surface area (Å²) in [5, 5.41) is 29.2. The van der Waals surface area contributed by atoms with Gasteiger partial charge in [-0.1, -0.05) is 23.8 Å². The molecular weight excluding hydrogens is 412 g/mol. The molecule has 0 unspecified atom stereocenters. The summed E-state index contributed by atoms with van der Waals surface area (Å²) in [6.45, 7) is 3.31. The number of phenols is 1. The summed E-state index contributed by atoms with van der Waals surface area (Å²) in [6, 6.07) is 9.04. The first-order valence-electron chi connectivity index (χ1n) is 9.67.